The fourth-order valence-electron chi connectivity index (χ4n) is 2.03. The van der Waals surface area contributed by atoms with Crippen LogP contribution in [0.15, 0.2) is 51.0 Å². The van der Waals surface area contributed by atoms with Gasteiger partial charge in [-0.15, -0.1) is 11.3 Å². The van der Waals surface area contributed by atoms with Gasteiger partial charge in [-0.2, -0.15) is 0 Å². The molecule has 1 N–H and O–H groups in total. The first-order valence-corrected chi connectivity index (χ1v) is 8.05. The van der Waals surface area contributed by atoms with Crippen LogP contribution in [0.2, 0.25) is 0 Å². The van der Waals surface area contributed by atoms with Crippen LogP contribution in [0.1, 0.15) is 22.0 Å². The summed E-state index contributed by atoms with van der Waals surface area (Å²) in [6.45, 7) is 0.401. The minimum atomic E-state index is -0.373. The molecule has 3 rings (SSSR count). The molecule has 8 heteroatoms. The lowest BCUT2D eigenvalue weighted by atomic mass is 10.3. The molecule has 0 unspecified atom stereocenters. The fraction of sp³-hybridized carbons (Fsp3) is 0.188. The third-order valence-electron chi connectivity index (χ3n) is 3.25. The molecule has 0 bridgehead atoms. The molecule has 0 spiro atoms. The molecule has 2 amide bonds. The number of carbonyl (C=O) groups excluding carboxylic acids is 2. The summed E-state index contributed by atoms with van der Waals surface area (Å²) < 4.78 is 10.2. The third kappa shape index (κ3) is 3.90. The van der Waals surface area contributed by atoms with Gasteiger partial charge in [-0.25, -0.2) is 4.98 Å². The van der Waals surface area contributed by atoms with Gasteiger partial charge in [0, 0.05) is 12.4 Å². The van der Waals surface area contributed by atoms with Crippen LogP contribution >= 0.6 is 11.3 Å². The highest BCUT2D eigenvalue weighted by Crippen LogP contribution is 2.18. The van der Waals surface area contributed by atoms with Gasteiger partial charge in [-0.1, -0.05) is 0 Å². The lowest BCUT2D eigenvalue weighted by Crippen LogP contribution is -2.27. The number of furan rings is 2. The van der Waals surface area contributed by atoms with Crippen molar-refractivity contribution in [3.8, 4) is 0 Å². The second kappa shape index (κ2) is 7.14. The van der Waals surface area contributed by atoms with Crippen molar-refractivity contribution in [3.05, 3.63) is 59.4 Å². The van der Waals surface area contributed by atoms with Crippen LogP contribution in [0.5, 0.6) is 0 Å². The Hall–Kier alpha value is -2.87. The molecule has 0 fully saturated rings. The zero-order valence-corrected chi connectivity index (χ0v) is 13.7. The second-order valence-corrected chi connectivity index (χ2v) is 5.94. The predicted octanol–water partition coefficient (Wildman–Crippen LogP) is 2.78. The molecule has 0 radical (unpaired) electrons. The average molecular weight is 345 g/mol. The van der Waals surface area contributed by atoms with E-state index in [1.807, 2.05) is 6.07 Å². The summed E-state index contributed by atoms with van der Waals surface area (Å²) in [6.07, 6.45) is 3.15. The molecule has 0 aromatic carbocycles. The number of nitrogens with one attached hydrogen (secondary N) is 1. The Kier molecular flexibility index (Phi) is 4.76. The SMILES string of the molecule is CN(Cc1ccco1)C(=O)Cc1csc(NC(=O)c2ccco2)n1. The molecule has 0 aliphatic rings. The number of amides is 2. The highest BCUT2D eigenvalue weighted by molar-refractivity contribution is 7.14. The Morgan fingerprint density at radius 3 is 2.75 bits per heavy atom. The van der Waals surface area contributed by atoms with Crippen LogP contribution in [0.3, 0.4) is 0 Å². The van der Waals surface area contributed by atoms with E-state index in [1.165, 1.54) is 17.6 Å². The number of thiazole rings is 1. The van der Waals surface area contributed by atoms with Gasteiger partial charge in [0.05, 0.1) is 31.2 Å². The molecule has 3 heterocycles. The van der Waals surface area contributed by atoms with Crippen molar-refractivity contribution in [2.24, 2.45) is 0 Å². The number of hydrogen-bond donors (Lipinski definition) is 1. The molecule has 7 nitrogen and oxygen atoms in total. The molecule has 0 saturated carbocycles. The summed E-state index contributed by atoms with van der Waals surface area (Å²) in [5.74, 6) is 0.472. The van der Waals surface area contributed by atoms with Crippen molar-refractivity contribution in [2.75, 3.05) is 12.4 Å². The molecule has 0 atom stereocenters. The Balaban J connectivity index is 1.55. The maximum atomic E-state index is 12.2. The Morgan fingerprint density at radius 2 is 2.04 bits per heavy atom. The van der Waals surface area contributed by atoms with Crippen LogP contribution in [0.4, 0.5) is 5.13 Å². The van der Waals surface area contributed by atoms with Crippen LogP contribution in [0.25, 0.3) is 0 Å². The summed E-state index contributed by atoms with van der Waals surface area (Å²) >= 11 is 1.26. The van der Waals surface area contributed by atoms with Crippen molar-refractivity contribution in [2.45, 2.75) is 13.0 Å². The van der Waals surface area contributed by atoms with Crippen molar-refractivity contribution in [1.82, 2.24) is 9.88 Å². The molecular formula is C16H15N3O4S. The van der Waals surface area contributed by atoms with Gasteiger partial charge in [-0.3, -0.25) is 14.9 Å². The summed E-state index contributed by atoms with van der Waals surface area (Å²) in [7, 11) is 1.71. The first-order valence-electron chi connectivity index (χ1n) is 7.17. The van der Waals surface area contributed by atoms with Gasteiger partial charge >= 0.3 is 0 Å². The van der Waals surface area contributed by atoms with Gasteiger partial charge in [0.2, 0.25) is 5.91 Å². The van der Waals surface area contributed by atoms with Gasteiger partial charge in [0.15, 0.2) is 10.9 Å². The lowest BCUT2D eigenvalue weighted by molar-refractivity contribution is -0.129. The minimum Gasteiger partial charge on any atom is -0.467 e. The van der Waals surface area contributed by atoms with Crippen LogP contribution < -0.4 is 5.32 Å². The number of rotatable bonds is 6. The quantitative estimate of drug-likeness (QED) is 0.742. The maximum Gasteiger partial charge on any atom is 0.293 e. The molecule has 3 aromatic rings. The fourth-order valence-corrected chi connectivity index (χ4v) is 2.73. The molecule has 0 aliphatic heterocycles. The van der Waals surface area contributed by atoms with E-state index in [1.54, 1.807) is 41.8 Å². The van der Waals surface area contributed by atoms with Crippen LogP contribution in [0, 0.1) is 0 Å². The zero-order valence-electron chi connectivity index (χ0n) is 12.9. The van der Waals surface area contributed by atoms with Crippen LogP contribution in [-0.2, 0) is 17.8 Å². The van der Waals surface area contributed by atoms with Gasteiger partial charge in [0.25, 0.3) is 5.91 Å². The zero-order chi connectivity index (χ0) is 16.9. The minimum absolute atomic E-state index is 0.0828. The van der Waals surface area contributed by atoms with E-state index in [0.29, 0.717) is 17.4 Å². The predicted molar refractivity (Wildman–Crippen MR) is 87.7 cm³/mol. The topological polar surface area (TPSA) is 88.6 Å². The molecule has 124 valence electrons. The van der Waals surface area contributed by atoms with Crippen molar-refractivity contribution in [3.63, 3.8) is 0 Å². The third-order valence-corrected chi connectivity index (χ3v) is 4.05. The first kappa shape index (κ1) is 16.0. The average Bonchev–Trinajstić information content (AvgIpc) is 3.29. The lowest BCUT2D eigenvalue weighted by Gasteiger charge is -2.14. The Labute approximate surface area is 141 Å². The number of carbonyl (C=O) groups is 2. The highest BCUT2D eigenvalue weighted by atomic mass is 32.1. The van der Waals surface area contributed by atoms with E-state index in [0.717, 1.165) is 5.76 Å². The molecule has 0 saturated heterocycles. The van der Waals surface area contributed by atoms with Gasteiger partial charge in [0.1, 0.15) is 5.76 Å². The summed E-state index contributed by atoms with van der Waals surface area (Å²) in [5.41, 5.74) is 0.603. The van der Waals surface area contributed by atoms with Crippen LogP contribution in [-0.4, -0.2) is 28.7 Å². The van der Waals surface area contributed by atoms with Gasteiger partial charge < -0.3 is 13.7 Å². The standard InChI is InChI=1S/C16H15N3O4S/c1-19(9-12-4-2-6-22-12)14(20)8-11-10-24-16(17-11)18-15(21)13-5-3-7-23-13/h2-7,10H,8-9H2,1H3,(H,17,18,21). The number of likely N-dealkylation sites (N-methyl/N-ethyl adjacent to an activating group) is 1. The van der Waals surface area contributed by atoms with E-state index in [9.17, 15) is 9.59 Å². The Bertz CT molecular complexity index is 808. The highest BCUT2D eigenvalue weighted by Gasteiger charge is 2.15. The monoisotopic (exact) mass is 345 g/mol. The number of nitrogens with zero attached hydrogens (tertiary/aromatic N) is 2. The van der Waals surface area contributed by atoms with E-state index < -0.39 is 0 Å². The normalized spacial score (nSPS) is 10.5. The number of aromatic nitrogens is 1. The largest absolute Gasteiger partial charge is 0.467 e. The van der Waals surface area contributed by atoms with Crippen molar-refractivity contribution >= 4 is 28.3 Å². The summed E-state index contributed by atoms with van der Waals surface area (Å²) in [4.78, 5) is 29.9. The van der Waals surface area contributed by atoms with E-state index >= 15 is 0 Å². The van der Waals surface area contributed by atoms with E-state index in [4.69, 9.17) is 8.83 Å². The molecule has 0 aliphatic carbocycles. The summed E-state index contributed by atoms with van der Waals surface area (Å²) in [5, 5.41) is 4.81. The van der Waals surface area contributed by atoms with Crippen molar-refractivity contribution < 1.29 is 18.4 Å². The number of hydrogen-bond acceptors (Lipinski definition) is 6. The molecular weight excluding hydrogens is 330 g/mol. The molecule has 3 aromatic heterocycles. The smallest absolute Gasteiger partial charge is 0.293 e. The first-order chi connectivity index (χ1) is 11.6. The second-order valence-electron chi connectivity index (χ2n) is 5.08. The summed E-state index contributed by atoms with van der Waals surface area (Å²) in [6, 6.07) is 6.80. The molecule has 24 heavy (non-hydrogen) atoms. The van der Waals surface area contributed by atoms with Crippen molar-refractivity contribution in [1.29, 1.82) is 0 Å². The van der Waals surface area contributed by atoms with E-state index in [-0.39, 0.29) is 24.0 Å². The van der Waals surface area contributed by atoms with E-state index in [2.05, 4.69) is 10.3 Å². The maximum absolute atomic E-state index is 12.2. The Morgan fingerprint density at radius 1 is 1.25 bits per heavy atom. The number of anilines is 1. The van der Waals surface area contributed by atoms with Gasteiger partial charge in [-0.05, 0) is 24.3 Å².